The van der Waals surface area contributed by atoms with Crippen LogP contribution in [0.1, 0.15) is 44.5 Å². The van der Waals surface area contributed by atoms with Gasteiger partial charge in [-0.05, 0) is 60.7 Å². The van der Waals surface area contributed by atoms with E-state index in [0.29, 0.717) is 59.8 Å². The molecule has 252 valence electrons. The van der Waals surface area contributed by atoms with Crippen LogP contribution in [-0.2, 0) is 17.7 Å². The van der Waals surface area contributed by atoms with Crippen LogP contribution < -0.4 is 14.8 Å². The lowest BCUT2D eigenvalue weighted by molar-refractivity contribution is 0.00503. The van der Waals surface area contributed by atoms with Gasteiger partial charge in [0.05, 0.1) is 56.2 Å². The Bertz CT molecular complexity index is 1720. The Labute approximate surface area is 282 Å². The summed E-state index contributed by atoms with van der Waals surface area (Å²) in [5.74, 6) is 2.07. The minimum atomic E-state index is -0.212. The molecule has 2 fully saturated rings. The summed E-state index contributed by atoms with van der Waals surface area (Å²) in [6.45, 7) is 6.45. The molecule has 1 aliphatic heterocycles. The lowest BCUT2D eigenvalue weighted by Gasteiger charge is -2.38. The van der Waals surface area contributed by atoms with Gasteiger partial charge in [0.2, 0.25) is 5.95 Å². The molecule has 0 bridgehead atoms. The Kier molecular flexibility index (Phi) is 10.1. The van der Waals surface area contributed by atoms with Crippen LogP contribution >= 0.6 is 11.6 Å². The quantitative estimate of drug-likeness (QED) is 0.185. The van der Waals surface area contributed by atoms with E-state index in [9.17, 15) is 0 Å². The maximum Gasteiger partial charge on any atom is 0.256 e. The summed E-state index contributed by atoms with van der Waals surface area (Å²) >= 11 is 6.46. The molecule has 1 atom stereocenters. The molecule has 7 rings (SSSR count). The van der Waals surface area contributed by atoms with Crippen molar-refractivity contribution in [2.75, 3.05) is 38.2 Å². The molecule has 1 aromatic carbocycles. The van der Waals surface area contributed by atoms with Crippen molar-refractivity contribution in [3.05, 3.63) is 66.5 Å². The SMILES string of the molecule is C[C@@H](Cn1cnnn1)Oc1cc(-c2cnc(Nc3cn([C@H]4CC[C@H](N5CCOCC5)CC4)nc3OCCc3ncco3)nc2)ccc1Cl. The number of rotatable bonds is 13. The van der Waals surface area contributed by atoms with E-state index in [1.807, 2.05) is 29.9 Å². The third kappa shape index (κ3) is 7.91. The van der Waals surface area contributed by atoms with Gasteiger partial charge in [-0.15, -0.1) is 10.2 Å². The number of benzene rings is 1. The largest absolute Gasteiger partial charge is 0.487 e. The van der Waals surface area contributed by atoms with Crippen molar-refractivity contribution in [3.63, 3.8) is 0 Å². The van der Waals surface area contributed by atoms with E-state index in [1.54, 1.807) is 41.9 Å². The zero-order chi connectivity index (χ0) is 32.7. The van der Waals surface area contributed by atoms with E-state index in [4.69, 9.17) is 35.3 Å². The van der Waals surface area contributed by atoms with Crippen LogP contribution in [0.4, 0.5) is 11.6 Å². The van der Waals surface area contributed by atoms with E-state index in [0.717, 1.165) is 63.1 Å². The molecule has 1 saturated carbocycles. The Morgan fingerprint density at radius 1 is 1.04 bits per heavy atom. The summed E-state index contributed by atoms with van der Waals surface area (Å²) in [5.41, 5.74) is 2.38. The number of anilines is 2. The van der Waals surface area contributed by atoms with Gasteiger partial charge < -0.3 is 23.9 Å². The summed E-state index contributed by atoms with van der Waals surface area (Å²) < 4.78 is 26.8. The van der Waals surface area contributed by atoms with Crippen LogP contribution in [0, 0.1) is 0 Å². The van der Waals surface area contributed by atoms with E-state index in [1.165, 1.54) is 0 Å². The average molecular weight is 676 g/mol. The summed E-state index contributed by atoms with van der Waals surface area (Å²) in [6, 6.07) is 6.47. The first kappa shape index (κ1) is 32.0. The van der Waals surface area contributed by atoms with Crippen LogP contribution in [0.25, 0.3) is 11.1 Å². The number of tetrazole rings is 1. The molecule has 1 N–H and O–H groups in total. The third-order valence-electron chi connectivity index (χ3n) is 8.67. The second kappa shape index (κ2) is 15.1. The first-order valence-electron chi connectivity index (χ1n) is 16.3. The molecule has 5 heterocycles. The van der Waals surface area contributed by atoms with Crippen LogP contribution in [0.2, 0.25) is 5.02 Å². The fourth-order valence-corrected chi connectivity index (χ4v) is 6.38. The normalized spacial score (nSPS) is 19.2. The summed E-state index contributed by atoms with van der Waals surface area (Å²) in [6.07, 6.45) is 14.9. The Morgan fingerprint density at radius 2 is 1.85 bits per heavy atom. The van der Waals surface area contributed by atoms with Gasteiger partial charge in [-0.25, -0.2) is 19.6 Å². The highest BCUT2D eigenvalue weighted by Crippen LogP contribution is 2.35. The standard InChI is InChI=1S/C32H38ClN11O4/c1-22(19-43-21-37-40-41-43)48-29-16-23(2-7-27(29)33)24-17-35-32(36-18-24)38-28-20-44(39-31(28)47-12-8-30-34-9-13-46-30)26-5-3-25(4-6-26)42-10-14-45-15-11-42/h2,7,9,13,16-18,20-22,25-26H,3-6,8,10-12,14-15,19H2,1H3,(H,35,36,38)/t22-,25-,26-/m0/s1. The lowest BCUT2D eigenvalue weighted by Crippen LogP contribution is -2.45. The van der Waals surface area contributed by atoms with Crippen molar-refractivity contribution < 1.29 is 18.6 Å². The maximum absolute atomic E-state index is 6.46. The highest BCUT2D eigenvalue weighted by atomic mass is 35.5. The molecule has 2 aliphatic rings. The lowest BCUT2D eigenvalue weighted by atomic mass is 9.90. The minimum absolute atomic E-state index is 0.212. The predicted molar refractivity (Wildman–Crippen MR) is 175 cm³/mol. The second-order valence-corrected chi connectivity index (χ2v) is 12.4. The molecule has 5 aromatic rings. The van der Waals surface area contributed by atoms with E-state index < -0.39 is 0 Å². The van der Waals surface area contributed by atoms with Gasteiger partial charge in [-0.2, -0.15) is 0 Å². The van der Waals surface area contributed by atoms with Gasteiger partial charge in [0.25, 0.3) is 5.88 Å². The zero-order valence-corrected chi connectivity index (χ0v) is 27.4. The van der Waals surface area contributed by atoms with E-state index in [2.05, 4.69) is 40.7 Å². The Morgan fingerprint density at radius 3 is 2.60 bits per heavy atom. The molecule has 0 spiro atoms. The molecule has 0 amide bonds. The van der Waals surface area contributed by atoms with Gasteiger partial charge in [0, 0.05) is 37.1 Å². The van der Waals surface area contributed by atoms with Crippen LogP contribution in [0.15, 0.2) is 60.0 Å². The van der Waals surface area contributed by atoms with E-state index >= 15 is 0 Å². The summed E-state index contributed by atoms with van der Waals surface area (Å²) in [4.78, 5) is 16.0. The van der Waals surface area contributed by atoms with Gasteiger partial charge >= 0.3 is 0 Å². The van der Waals surface area contributed by atoms with Crippen LogP contribution in [0.3, 0.4) is 0 Å². The molecule has 1 aliphatic carbocycles. The number of aromatic nitrogens is 9. The van der Waals surface area contributed by atoms with E-state index in [-0.39, 0.29) is 12.1 Å². The highest BCUT2D eigenvalue weighted by molar-refractivity contribution is 6.32. The first-order valence-corrected chi connectivity index (χ1v) is 16.6. The van der Waals surface area contributed by atoms with Gasteiger partial charge in [0.1, 0.15) is 30.1 Å². The molecule has 0 radical (unpaired) electrons. The van der Waals surface area contributed by atoms with Gasteiger partial charge in [-0.1, -0.05) is 17.7 Å². The smallest absolute Gasteiger partial charge is 0.256 e. The predicted octanol–water partition coefficient (Wildman–Crippen LogP) is 4.62. The van der Waals surface area contributed by atoms with Gasteiger partial charge in [0.15, 0.2) is 5.89 Å². The van der Waals surface area contributed by atoms with Crippen molar-refractivity contribution in [1.82, 2.24) is 49.8 Å². The number of oxazole rings is 1. The number of hydrogen-bond donors (Lipinski definition) is 1. The van der Waals surface area contributed by atoms with Crippen molar-refractivity contribution in [2.24, 2.45) is 0 Å². The number of morpholine rings is 1. The topological polar surface area (TPSA) is 156 Å². The Hall–Kier alpha value is -4.60. The molecular formula is C32H38ClN11O4. The van der Waals surface area contributed by atoms with Crippen LogP contribution in [-0.4, -0.2) is 94.9 Å². The molecule has 15 nitrogen and oxygen atoms in total. The molecule has 4 aromatic heterocycles. The second-order valence-electron chi connectivity index (χ2n) is 12.0. The number of ether oxygens (including phenoxy) is 3. The summed E-state index contributed by atoms with van der Waals surface area (Å²) in [7, 11) is 0. The molecule has 16 heteroatoms. The zero-order valence-electron chi connectivity index (χ0n) is 26.7. The molecule has 1 saturated heterocycles. The number of hydrogen-bond acceptors (Lipinski definition) is 13. The first-order chi connectivity index (χ1) is 23.6. The molecule has 48 heavy (non-hydrogen) atoms. The van der Waals surface area contributed by atoms with Crippen molar-refractivity contribution in [1.29, 1.82) is 0 Å². The fourth-order valence-electron chi connectivity index (χ4n) is 6.21. The number of halogens is 1. The minimum Gasteiger partial charge on any atom is -0.487 e. The number of nitrogens with one attached hydrogen (secondary N) is 1. The monoisotopic (exact) mass is 675 g/mol. The Balaban J connectivity index is 1.03. The van der Waals surface area contributed by atoms with Crippen LogP contribution in [0.5, 0.6) is 11.6 Å². The molecular weight excluding hydrogens is 638 g/mol. The average Bonchev–Trinajstić information content (AvgIpc) is 3.91. The summed E-state index contributed by atoms with van der Waals surface area (Å²) in [5, 5.41) is 19.9. The number of nitrogens with zero attached hydrogens (tertiary/aromatic N) is 10. The highest BCUT2D eigenvalue weighted by Gasteiger charge is 2.29. The van der Waals surface area contributed by atoms with Gasteiger partial charge in [-0.3, -0.25) is 9.58 Å². The van der Waals surface area contributed by atoms with Crippen molar-refractivity contribution in [2.45, 2.75) is 63.8 Å². The third-order valence-corrected chi connectivity index (χ3v) is 8.98. The maximum atomic E-state index is 6.46. The fraction of sp³-hybridized carbons (Fsp3) is 0.469. The van der Waals surface area contributed by atoms with Crippen molar-refractivity contribution >= 4 is 23.2 Å². The van der Waals surface area contributed by atoms with Crippen molar-refractivity contribution in [3.8, 4) is 22.8 Å². The molecule has 0 unspecified atom stereocenters.